The zero-order valence-electron chi connectivity index (χ0n) is 11.7. The molecule has 1 N–H and O–H groups in total. The van der Waals surface area contributed by atoms with Crippen LogP contribution in [0.4, 0.5) is 0 Å². The van der Waals surface area contributed by atoms with Crippen molar-refractivity contribution in [1.82, 2.24) is 10.4 Å². The van der Waals surface area contributed by atoms with Crippen LogP contribution in [0.25, 0.3) is 0 Å². The van der Waals surface area contributed by atoms with Crippen LogP contribution in [0.5, 0.6) is 0 Å². The number of hydrogen-bond acceptors (Lipinski definition) is 4. The highest BCUT2D eigenvalue weighted by atomic mass is 16.5. The van der Waals surface area contributed by atoms with E-state index in [-0.39, 0.29) is 17.9 Å². The van der Waals surface area contributed by atoms with Gasteiger partial charge in [-0.25, -0.2) is 5.01 Å². The summed E-state index contributed by atoms with van der Waals surface area (Å²) >= 11 is 0. The van der Waals surface area contributed by atoms with E-state index in [1.807, 2.05) is 13.8 Å². The zero-order chi connectivity index (χ0) is 13.0. The Bertz CT molecular complexity index is 248. The molecule has 1 rings (SSSR count). The molecule has 4 nitrogen and oxygen atoms in total. The first kappa shape index (κ1) is 14.5. The lowest BCUT2D eigenvalue weighted by molar-refractivity contribution is -0.146. The van der Waals surface area contributed by atoms with Crippen LogP contribution in [0.1, 0.15) is 47.0 Å². The molecule has 1 aliphatic rings. The molecular weight excluding hydrogens is 216 g/mol. The molecule has 0 spiro atoms. The molecule has 0 aromatic rings. The van der Waals surface area contributed by atoms with Crippen molar-refractivity contribution in [2.45, 2.75) is 65.1 Å². The highest BCUT2D eigenvalue weighted by Crippen LogP contribution is 2.21. The fraction of sp³-hybridized carbons (Fsp3) is 0.923. The zero-order valence-corrected chi connectivity index (χ0v) is 11.7. The molecule has 0 aromatic heterocycles. The van der Waals surface area contributed by atoms with Crippen LogP contribution < -0.4 is 5.43 Å². The van der Waals surface area contributed by atoms with Crippen LogP contribution in [0.3, 0.4) is 0 Å². The monoisotopic (exact) mass is 242 g/mol. The minimum Gasteiger partial charge on any atom is -0.469 e. The molecule has 4 heteroatoms. The van der Waals surface area contributed by atoms with E-state index in [9.17, 15) is 4.79 Å². The van der Waals surface area contributed by atoms with Gasteiger partial charge in [-0.3, -0.25) is 10.2 Å². The Kier molecular flexibility index (Phi) is 5.40. The average molecular weight is 242 g/mol. The number of ether oxygens (including phenoxy) is 1. The molecule has 0 aliphatic carbocycles. The molecule has 0 amide bonds. The maximum atomic E-state index is 11.5. The number of hydrogen-bond donors (Lipinski definition) is 1. The second kappa shape index (κ2) is 6.36. The van der Waals surface area contributed by atoms with E-state index in [0.29, 0.717) is 12.1 Å². The van der Waals surface area contributed by atoms with Gasteiger partial charge in [0.05, 0.1) is 13.0 Å². The summed E-state index contributed by atoms with van der Waals surface area (Å²) in [4.78, 5) is 11.5. The Morgan fingerprint density at radius 1 is 1.29 bits per heavy atom. The molecule has 4 unspecified atom stereocenters. The normalized spacial score (nSPS) is 29.7. The van der Waals surface area contributed by atoms with E-state index >= 15 is 0 Å². The van der Waals surface area contributed by atoms with Gasteiger partial charge in [0.25, 0.3) is 0 Å². The molecule has 0 saturated carbocycles. The first-order chi connectivity index (χ1) is 7.97. The fourth-order valence-electron chi connectivity index (χ4n) is 2.41. The van der Waals surface area contributed by atoms with Crippen molar-refractivity contribution in [1.29, 1.82) is 0 Å². The summed E-state index contributed by atoms with van der Waals surface area (Å²) in [5, 5.41) is 2.30. The van der Waals surface area contributed by atoms with Gasteiger partial charge < -0.3 is 4.74 Å². The van der Waals surface area contributed by atoms with E-state index in [0.717, 1.165) is 0 Å². The van der Waals surface area contributed by atoms with Gasteiger partial charge in [0.1, 0.15) is 0 Å². The second-order valence-electron chi connectivity index (χ2n) is 5.27. The topological polar surface area (TPSA) is 41.6 Å². The van der Waals surface area contributed by atoms with Crippen molar-refractivity contribution in [3.8, 4) is 0 Å². The molecule has 100 valence electrons. The lowest BCUT2D eigenvalue weighted by atomic mass is 9.99. The van der Waals surface area contributed by atoms with Gasteiger partial charge in [0.15, 0.2) is 0 Å². The molecule has 1 fully saturated rings. The summed E-state index contributed by atoms with van der Waals surface area (Å²) in [5.41, 5.74) is 3.47. The van der Waals surface area contributed by atoms with Crippen LogP contribution >= 0.6 is 0 Å². The molecule has 1 aliphatic heterocycles. The van der Waals surface area contributed by atoms with Crippen LogP contribution in [0.2, 0.25) is 0 Å². The van der Waals surface area contributed by atoms with E-state index in [1.54, 1.807) is 0 Å². The highest BCUT2D eigenvalue weighted by Gasteiger charge is 2.29. The molecule has 1 heterocycles. The first-order valence-corrected chi connectivity index (χ1v) is 6.59. The fourth-order valence-corrected chi connectivity index (χ4v) is 2.41. The van der Waals surface area contributed by atoms with Crippen molar-refractivity contribution in [3.63, 3.8) is 0 Å². The van der Waals surface area contributed by atoms with Gasteiger partial charge in [-0.05, 0) is 33.6 Å². The smallest absolute Gasteiger partial charge is 0.310 e. The quantitative estimate of drug-likeness (QED) is 0.765. The minimum absolute atomic E-state index is 0.102. The van der Waals surface area contributed by atoms with Crippen LogP contribution in [0, 0.1) is 5.92 Å². The largest absolute Gasteiger partial charge is 0.469 e. The summed E-state index contributed by atoms with van der Waals surface area (Å²) in [5.74, 6) is -0.274. The average Bonchev–Trinajstić information content (AvgIpc) is 2.31. The van der Waals surface area contributed by atoms with Crippen molar-refractivity contribution in [2.75, 3.05) is 7.11 Å². The number of piperidine rings is 1. The Hall–Kier alpha value is -0.610. The van der Waals surface area contributed by atoms with E-state index in [1.165, 1.54) is 26.4 Å². The van der Waals surface area contributed by atoms with Crippen LogP contribution in [-0.2, 0) is 9.53 Å². The van der Waals surface area contributed by atoms with Gasteiger partial charge in [0, 0.05) is 18.1 Å². The predicted octanol–water partition coefficient (Wildman–Crippen LogP) is 1.95. The van der Waals surface area contributed by atoms with Crippen molar-refractivity contribution in [2.24, 2.45) is 5.92 Å². The van der Waals surface area contributed by atoms with Crippen molar-refractivity contribution in [3.05, 3.63) is 0 Å². The number of rotatable bonds is 4. The number of carbonyl (C=O) groups excluding carboxylic acids is 1. The summed E-state index contributed by atoms with van der Waals surface area (Å²) in [6, 6.07) is 1.17. The Labute approximate surface area is 105 Å². The van der Waals surface area contributed by atoms with Gasteiger partial charge in [-0.1, -0.05) is 13.3 Å². The molecule has 1 saturated heterocycles. The first-order valence-electron chi connectivity index (χ1n) is 6.59. The number of carbonyl (C=O) groups is 1. The Morgan fingerprint density at radius 3 is 2.29 bits per heavy atom. The molecule has 4 atom stereocenters. The maximum absolute atomic E-state index is 11.5. The Morgan fingerprint density at radius 2 is 1.82 bits per heavy atom. The maximum Gasteiger partial charge on any atom is 0.310 e. The van der Waals surface area contributed by atoms with Gasteiger partial charge >= 0.3 is 5.97 Å². The van der Waals surface area contributed by atoms with E-state index < -0.39 is 0 Å². The number of methoxy groups -OCH3 is 1. The second-order valence-corrected chi connectivity index (χ2v) is 5.27. The third-order valence-electron chi connectivity index (χ3n) is 3.87. The van der Waals surface area contributed by atoms with Gasteiger partial charge in [0.2, 0.25) is 0 Å². The van der Waals surface area contributed by atoms with Crippen LogP contribution in [0.15, 0.2) is 0 Å². The number of nitrogens with one attached hydrogen (secondary N) is 1. The third-order valence-corrected chi connectivity index (χ3v) is 3.87. The summed E-state index contributed by atoms with van der Waals surface area (Å²) in [7, 11) is 1.44. The predicted molar refractivity (Wildman–Crippen MR) is 68.4 cm³/mol. The number of esters is 1. The van der Waals surface area contributed by atoms with Crippen LogP contribution in [-0.4, -0.2) is 36.2 Å². The standard InChI is InChI=1S/C13H26N2O2/c1-9-7-6-8-10(2)15(9)14-12(4)11(3)13(16)17-5/h9-12,14H,6-8H2,1-5H3. The Balaban J connectivity index is 2.54. The summed E-state index contributed by atoms with van der Waals surface area (Å²) < 4.78 is 4.78. The third kappa shape index (κ3) is 3.68. The van der Waals surface area contributed by atoms with Gasteiger partial charge in [-0.2, -0.15) is 0 Å². The molecule has 0 bridgehead atoms. The number of hydrazine groups is 1. The summed E-state index contributed by atoms with van der Waals surface area (Å²) in [6.45, 7) is 8.41. The van der Waals surface area contributed by atoms with E-state index in [2.05, 4.69) is 24.3 Å². The molecule has 0 radical (unpaired) electrons. The highest BCUT2D eigenvalue weighted by molar-refractivity contribution is 5.72. The SMILES string of the molecule is COC(=O)C(C)C(C)NN1C(C)CCCC1C. The molecule has 17 heavy (non-hydrogen) atoms. The van der Waals surface area contributed by atoms with Crippen molar-refractivity contribution >= 4 is 5.97 Å². The van der Waals surface area contributed by atoms with E-state index in [4.69, 9.17) is 4.74 Å². The van der Waals surface area contributed by atoms with Crippen molar-refractivity contribution < 1.29 is 9.53 Å². The minimum atomic E-state index is -0.151. The number of nitrogens with zero attached hydrogens (tertiary/aromatic N) is 1. The lowest BCUT2D eigenvalue weighted by Gasteiger charge is -2.41. The lowest BCUT2D eigenvalue weighted by Crippen LogP contribution is -2.56. The summed E-state index contributed by atoms with van der Waals surface area (Å²) in [6.07, 6.45) is 3.73. The van der Waals surface area contributed by atoms with Gasteiger partial charge in [-0.15, -0.1) is 0 Å². The molecular formula is C13H26N2O2. The molecule has 0 aromatic carbocycles.